The number of nitrogens with one attached hydrogen (secondary N) is 1. The Bertz CT molecular complexity index is 563. The highest BCUT2D eigenvalue weighted by atomic mass is 16.2. The lowest BCUT2D eigenvalue weighted by molar-refractivity contribution is -0.120. The second kappa shape index (κ2) is 6.48. The largest absolute Gasteiger partial charge is 0.325 e. The van der Waals surface area contributed by atoms with E-state index in [1.807, 2.05) is 45.0 Å². The number of benzene rings is 1. The monoisotopic (exact) mass is 303 g/mol. The molecular formula is C17H25N3O2. The molecule has 1 aromatic rings. The van der Waals surface area contributed by atoms with Gasteiger partial charge in [-0.05, 0) is 36.5 Å². The smallest absolute Gasteiger partial charge is 0.241 e. The molecule has 0 radical (unpaired) electrons. The van der Waals surface area contributed by atoms with Crippen molar-refractivity contribution in [2.75, 3.05) is 16.8 Å². The summed E-state index contributed by atoms with van der Waals surface area (Å²) in [6.07, 6.45) is 2.55. The molecule has 1 aliphatic heterocycles. The van der Waals surface area contributed by atoms with Gasteiger partial charge in [-0.25, -0.2) is 0 Å². The van der Waals surface area contributed by atoms with Crippen LogP contribution < -0.4 is 16.0 Å². The molecule has 1 fully saturated rings. The number of hydrogen-bond donors (Lipinski definition) is 2. The molecule has 0 bridgehead atoms. The summed E-state index contributed by atoms with van der Waals surface area (Å²) in [5, 5.41) is 2.84. The van der Waals surface area contributed by atoms with Crippen molar-refractivity contribution in [3.8, 4) is 0 Å². The zero-order valence-electron chi connectivity index (χ0n) is 13.6. The third kappa shape index (κ3) is 3.85. The number of anilines is 2. The number of amides is 2. The molecular weight excluding hydrogens is 278 g/mol. The minimum atomic E-state index is -0.590. The highest BCUT2D eigenvalue weighted by Gasteiger charge is 2.27. The summed E-state index contributed by atoms with van der Waals surface area (Å²) in [4.78, 5) is 26.0. The average Bonchev–Trinajstić information content (AvgIpc) is 2.46. The zero-order chi connectivity index (χ0) is 16.3. The van der Waals surface area contributed by atoms with Crippen LogP contribution >= 0.6 is 0 Å². The molecule has 22 heavy (non-hydrogen) atoms. The number of nitrogens with two attached hydrogens (primary N) is 1. The Hall–Kier alpha value is -1.88. The lowest BCUT2D eigenvalue weighted by atomic mass is 9.87. The number of hydrogen-bond acceptors (Lipinski definition) is 3. The van der Waals surface area contributed by atoms with Gasteiger partial charge in [0.1, 0.15) is 0 Å². The minimum Gasteiger partial charge on any atom is -0.325 e. The van der Waals surface area contributed by atoms with E-state index in [0.717, 1.165) is 25.1 Å². The third-order valence-corrected chi connectivity index (χ3v) is 3.96. The summed E-state index contributed by atoms with van der Waals surface area (Å²) in [7, 11) is 0. The second-order valence-corrected chi connectivity index (χ2v) is 6.89. The Morgan fingerprint density at radius 1 is 1.32 bits per heavy atom. The molecule has 3 N–H and O–H groups in total. The molecule has 1 atom stereocenters. The number of piperidine rings is 1. The van der Waals surface area contributed by atoms with E-state index in [9.17, 15) is 9.59 Å². The van der Waals surface area contributed by atoms with Crippen molar-refractivity contribution in [3.05, 3.63) is 24.3 Å². The Labute approximate surface area is 131 Å². The summed E-state index contributed by atoms with van der Waals surface area (Å²) in [6.45, 7) is 6.53. The Kier molecular flexibility index (Phi) is 4.86. The van der Waals surface area contributed by atoms with Crippen LogP contribution in [0.5, 0.6) is 0 Å². The van der Waals surface area contributed by atoms with Crippen molar-refractivity contribution in [2.24, 2.45) is 11.1 Å². The maximum atomic E-state index is 12.2. The SMILES string of the molecule is CC(C)(C)[C@H](N)C(=O)Nc1cccc(N2CCCCC2=O)c1. The molecule has 0 spiro atoms. The van der Waals surface area contributed by atoms with E-state index >= 15 is 0 Å². The quantitative estimate of drug-likeness (QED) is 0.901. The molecule has 1 saturated heterocycles. The van der Waals surface area contributed by atoms with Gasteiger partial charge in [0.05, 0.1) is 6.04 Å². The van der Waals surface area contributed by atoms with Gasteiger partial charge in [0.15, 0.2) is 0 Å². The fraction of sp³-hybridized carbons (Fsp3) is 0.529. The number of rotatable bonds is 3. The third-order valence-electron chi connectivity index (χ3n) is 3.96. The number of nitrogens with zero attached hydrogens (tertiary/aromatic N) is 1. The first-order valence-corrected chi connectivity index (χ1v) is 7.76. The highest BCUT2D eigenvalue weighted by Crippen LogP contribution is 2.25. The van der Waals surface area contributed by atoms with Gasteiger partial charge >= 0.3 is 0 Å². The Morgan fingerprint density at radius 3 is 2.68 bits per heavy atom. The molecule has 0 aromatic heterocycles. The number of carbonyl (C=O) groups is 2. The predicted molar refractivity (Wildman–Crippen MR) is 88.7 cm³/mol. The molecule has 1 aromatic carbocycles. The summed E-state index contributed by atoms with van der Waals surface area (Å²) < 4.78 is 0. The maximum Gasteiger partial charge on any atom is 0.241 e. The second-order valence-electron chi connectivity index (χ2n) is 6.89. The molecule has 2 rings (SSSR count). The summed E-state index contributed by atoms with van der Waals surface area (Å²) >= 11 is 0. The van der Waals surface area contributed by atoms with Crippen LogP contribution in [0.3, 0.4) is 0 Å². The van der Waals surface area contributed by atoms with Gasteiger partial charge in [-0.1, -0.05) is 26.8 Å². The zero-order valence-corrected chi connectivity index (χ0v) is 13.6. The van der Waals surface area contributed by atoms with Crippen molar-refractivity contribution in [1.82, 2.24) is 0 Å². The molecule has 0 aliphatic carbocycles. The molecule has 1 aliphatic rings. The molecule has 120 valence electrons. The molecule has 5 nitrogen and oxygen atoms in total. The molecule has 5 heteroatoms. The van der Waals surface area contributed by atoms with E-state index in [2.05, 4.69) is 5.32 Å². The summed E-state index contributed by atoms with van der Waals surface area (Å²) in [5.41, 5.74) is 7.16. The first kappa shape index (κ1) is 16.5. The average molecular weight is 303 g/mol. The van der Waals surface area contributed by atoms with Crippen LogP contribution in [0.1, 0.15) is 40.0 Å². The van der Waals surface area contributed by atoms with Gasteiger partial charge in [-0.2, -0.15) is 0 Å². The van der Waals surface area contributed by atoms with Crippen LogP contribution in [-0.2, 0) is 9.59 Å². The van der Waals surface area contributed by atoms with E-state index in [1.54, 1.807) is 4.90 Å². The Balaban J connectivity index is 2.12. The van der Waals surface area contributed by atoms with Gasteiger partial charge in [-0.3, -0.25) is 9.59 Å². The molecule has 2 amide bonds. The van der Waals surface area contributed by atoms with Gasteiger partial charge < -0.3 is 16.0 Å². The fourth-order valence-corrected chi connectivity index (χ4v) is 2.44. The van der Waals surface area contributed by atoms with Crippen LogP contribution in [0.15, 0.2) is 24.3 Å². The van der Waals surface area contributed by atoms with Gasteiger partial charge in [0.25, 0.3) is 0 Å². The number of carbonyl (C=O) groups excluding carboxylic acids is 2. The maximum absolute atomic E-state index is 12.2. The van der Waals surface area contributed by atoms with Gasteiger partial charge in [0.2, 0.25) is 11.8 Å². The van der Waals surface area contributed by atoms with Crippen LogP contribution in [-0.4, -0.2) is 24.4 Å². The fourth-order valence-electron chi connectivity index (χ4n) is 2.44. The van der Waals surface area contributed by atoms with E-state index in [0.29, 0.717) is 12.1 Å². The Morgan fingerprint density at radius 2 is 2.05 bits per heavy atom. The van der Waals surface area contributed by atoms with Crippen molar-refractivity contribution >= 4 is 23.2 Å². The molecule has 0 saturated carbocycles. The summed E-state index contributed by atoms with van der Waals surface area (Å²) in [5.74, 6) is -0.0734. The van der Waals surface area contributed by atoms with Gasteiger partial charge in [0, 0.05) is 24.3 Å². The van der Waals surface area contributed by atoms with Crippen LogP contribution in [0.4, 0.5) is 11.4 Å². The normalized spacial score (nSPS) is 17.3. The van der Waals surface area contributed by atoms with Crippen LogP contribution in [0, 0.1) is 5.41 Å². The van der Waals surface area contributed by atoms with E-state index < -0.39 is 6.04 Å². The van der Waals surface area contributed by atoms with Crippen molar-refractivity contribution in [3.63, 3.8) is 0 Å². The predicted octanol–water partition coefficient (Wildman–Crippen LogP) is 2.52. The van der Waals surface area contributed by atoms with Crippen molar-refractivity contribution < 1.29 is 9.59 Å². The van der Waals surface area contributed by atoms with Gasteiger partial charge in [-0.15, -0.1) is 0 Å². The molecule has 1 heterocycles. The van der Waals surface area contributed by atoms with E-state index in [1.165, 1.54) is 0 Å². The summed E-state index contributed by atoms with van der Waals surface area (Å²) in [6, 6.07) is 6.78. The van der Waals surface area contributed by atoms with Crippen molar-refractivity contribution in [2.45, 2.75) is 46.1 Å². The van der Waals surface area contributed by atoms with Crippen LogP contribution in [0.2, 0.25) is 0 Å². The first-order valence-electron chi connectivity index (χ1n) is 7.76. The topological polar surface area (TPSA) is 75.4 Å². The van der Waals surface area contributed by atoms with Crippen LogP contribution in [0.25, 0.3) is 0 Å². The molecule has 0 unspecified atom stereocenters. The first-order chi connectivity index (χ1) is 10.3. The van der Waals surface area contributed by atoms with E-state index in [-0.39, 0.29) is 17.2 Å². The van der Waals surface area contributed by atoms with Crippen molar-refractivity contribution in [1.29, 1.82) is 0 Å². The lowest BCUT2D eigenvalue weighted by Crippen LogP contribution is -2.45. The highest BCUT2D eigenvalue weighted by molar-refractivity contribution is 5.97. The standard InChI is InChI=1S/C17H25N3O2/c1-17(2,3)15(18)16(22)19-12-7-6-8-13(11-12)20-10-5-4-9-14(20)21/h6-8,11,15H,4-5,9-10,18H2,1-3H3,(H,19,22)/t15-/m1/s1. The van der Waals surface area contributed by atoms with E-state index in [4.69, 9.17) is 5.73 Å². The lowest BCUT2D eigenvalue weighted by Gasteiger charge is -2.28. The minimum absolute atomic E-state index is 0.140.